The van der Waals surface area contributed by atoms with Crippen LogP contribution >= 0.6 is 0 Å². The number of hydrogen-bond acceptors (Lipinski definition) is 2. The largest absolute Gasteiger partial charge is 0.392 e. The van der Waals surface area contributed by atoms with Crippen molar-refractivity contribution in [3.8, 4) is 0 Å². The number of rotatable bonds is 4. The molecule has 0 bridgehead atoms. The van der Waals surface area contributed by atoms with E-state index in [9.17, 15) is 5.11 Å². The van der Waals surface area contributed by atoms with E-state index in [4.69, 9.17) is 0 Å². The molecule has 2 aliphatic rings. The molecule has 2 heteroatoms. The molecule has 0 amide bonds. The zero-order valence-corrected chi connectivity index (χ0v) is 15.0. The lowest BCUT2D eigenvalue weighted by Gasteiger charge is -2.47. The molecule has 128 valence electrons. The maximum absolute atomic E-state index is 11.2. The summed E-state index contributed by atoms with van der Waals surface area (Å²) in [5.74, 6) is 1.96. The molecule has 1 heterocycles. The Balaban J connectivity index is 1.93. The number of hydrogen-bond donors (Lipinski definition) is 1. The number of nitrogens with zero attached hydrogens (tertiary/aromatic N) is 1. The van der Waals surface area contributed by atoms with Crippen molar-refractivity contribution in [1.29, 1.82) is 0 Å². The van der Waals surface area contributed by atoms with Crippen LogP contribution in [0.4, 0.5) is 0 Å². The van der Waals surface area contributed by atoms with E-state index in [-0.39, 0.29) is 6.10 Å². The van der Waals surface area contributed by atoms with Crippen LogP contribution in [0, 0.1) is 23.7 Å². The Kier molecular flexibility index (Phi) is 5.43. The second-order valence-electron chi connectivity index (χ2n) is 8.13. The third kappa shape index (κ3) is 3.49. The fourth-order valence-electron chi connectivity index (χ4n) is 5.01. The smallest absolute Gasteiger partial charge is 0.0619 e. The minimum Gasteiger partial charge on any atom is -0.392 e. The van der Waals surface area contributed by atoms with E-state index in [1.54, 1.807) is 0 Å². The molecule has 1 saturated heterocycles. The van der Waals surface area contributed by atoms with Gasteiger partial charge in [-0.1, -0.05) is 51.1 Å². The van der Waals surface area contributed by atoms with Gasteiger partial charge in [-0.05, 0) is 62.1 Å². The van der Waals surface area contributed by atoms with E-state index in [2.05, 4.69) is 56.0 Å². The van der Waals surface area contributed by atoms with Gasteiger partial charge in [0.15, 0.2) is 0 Å². The highest BCUT2D eigenvalue weighted by atomic mass is 16.3. The summed E-state index contributed by atoms with van der Waals surface area (Å²) in [7, 11) is 0. The van der Waals surface area contributed by atoms with Crippen LogP contribution in [-0.2, 0) is 0 Å². The van der Waals surface area contributed by atoms with Gasteiger partial charge in [0.25, 0.3) is 0 Å². The van der Waals surface area contributed by atoms with Gasteiger partial charge in [-0.2, -0.15) is 0 Å². The highest BCUT2D eigenvalue weighted by Gasteiger charge is 2.44. The first-order valence-electron chi connectivity index (χ1n) is 9.56. The summed E-state index contributed by atoms with van der Waals surface area (Å²) in [6, 6.07) is 11.3. The highest BCUT2D eigenvalue weighted by Crippen LogP contribution is 2.46. The third-order valence-electron chi connectivity index (χ3n) is 6.34. The fourth-order valence-corrected chi connectivity index (χ4v) is 5.01. The molecule has 1 aromatic carbocycles. The van der Waals surface area contributed by atoms with Crippen LogP contribution in [0.1, 0.15) is 58.1 Å². The fraction of sp³-hybridized carbons (Fsp3) is 0.714. The molecule has 1 aliphatic carbocycles. The van der Waals surface area contributed by atoms with Gasteiger partial charge >= 0.3 is 0 Å². The average molecular weight is 316 g/mol. The SMILES string of the molecule is CC(C)[C@@H]1CC[C@@H](C)C(C(c2ccccc2)N2CCCC2)C1O. The first kappa shape index (κ1) is 17.0. The van der Waals surface area contributed by atoms with Crippen LogP contribution in [0.15, 0.2) is 30.3 Å². The van der Waals surface area contributed by atoms with E-state index in [0.29, 0.717) is 29.7 Å². The molecule has 0 radical (unpaired) electrons. The number of benzene rings is 1. The molecule has 2 fully saturated rings. The first-order valence-corrected chi connectivity index (χ1v) is 9.56. The van der Waals surface area contributed by atoms with Gasteiger partial charge in [0.1, 0.15) is 0 Å². The number of likely N-dealkylation sites (tertiary alicyclic amines) is 1. The van der Waals surface area contributed by atoms with Crippen LogP contribution in [0.5, 0.6) is 0 Å². The zero-order valence-electron chi connectivity index (χ0n) is 15.0. The molecule has 0 spiro atoms. The standard InChI is InChI=1S/C21H33NO/c1-15(2)18-12-11-16(3)19(21(18)23)20(22-13-7-8-14-22)17-9-5-4-6-10-17/h4-6,9-10,15-16,18-21,23H,7-8,11-14H2,1-3H3/t16-,18+,19?,20?,21?/m1/s1. The number of aliphatic hydroxyl groups excluding tert-OH is 1. The van der Waals surface area contributed by atoms with E-state index in [0.717, 1.165) is 0 Å². The molecule has 23 heavy (non-hydrogen) atoms. The van der Waals surface area contributed by atoms with Crippen LogP contribution in [0.2, 0.25) is 0 Å². The summed E-state index contributed by atoms with van der Waals surface area (Å²) in [6.07, 6.45) is 4.85. The summed E-state index contributed by atoms with van der Waals surface area (Å²) in [5.41, 5.74) is 1.40. The lowest BCUT2D eigenvalue weighted by Crippen LogP contribution is -2.47. The molecule has 1 N–H and O–H groups in total. The van der Waals surface area contributed by atoms with Crippen LogP contribution < -0.4 is 0 Å². The van der Waals surface area contributed by atoms with Crippen molar-refractivity contribution in [1.82, 2.24) is 4.90 Å². The topological polar surface area (TPSA) is 23.5 Å². The molecule has 3 rings (SSSR count). The molecule has 3 unspecified atom stereocenters. The quantitative estimate of drug-likeness (QED) is 0.884. The molecule has 1 aliphatic heterocycles. The second-order valence-corrected chi connectivity index (χ2v) is 8.13. The Hall–Kier alpha value is -0.860. The first-order chi connectivity index (χ1) is 11.1. The minimum atomic E-state index is -0.176. The summed E-state index contributed by atoms with van der Waals surface area (Å²) in [5, 5.41) is 11.2. The molecule has 5 atom stereocenters. The van der Waals surface area contributed by atoms with Gasteiger partial charge in [-0.15, -0.1) is 0 Å². The second kappa shape index (κ2) is 7.36. The van der Waals surface area contributed by atoms with Gasteiger partial charge in [-0.3, -0.25) is 4.90 Å². The van der Waals surface area contributed by atoms with E-state index in [1.807, 2.05) is 0 Å². The maximum Gasteiger partial charge on any atom is 0.0619 e. The van der Waals surface area contributed by atoms with E-state index in [1.165, 1.54) is 44.3 Å². The van der Waals surface area contributed by atoms with Crippen molar-refractivity contribution in [2.24, 2.45) is 23.7 Å². The summed E-state index contributed by atoms with van der Waals surface area (Å²) in [6.45, 7) is 9.27. The van der Waals surface area contributed by atoms with Crippen molar-refractivity contribution in [3.63, 3.8) is 0 Å². The normalized spacial score (nSPS) is 34.0. The van der Waals surface area contributed by atoms with Gasteiger partial charge < -0.3 is 5.11 Å². The number of aliphatic hydroxyl groups is 1. The lowest BCUT2D eigenvalue weighted by molar-refractivity contribution is -0.0635. The van der Waals surface area contributed by atoms with Crippen LogP contribution in [0.3, 0.4) is 0 Å². The maximum atomic E-state index is 11.2. The molecule has 0 aromatic heterocycles. The van der Waals surface area contributed by atoms with Crippen molar-refractivity contribution >= 4 is 0 Å². The molecule has 1 aromatic rings. The molecular formula is C21H33NO. The minimum absolute atomic E-state index is 0.176. The molecular weight excluding hydrogens is 282 g/mol. The van der Waals surface area contributed by atoms with Crippen molar-refractivity contribution in [2.45, 2.75) is 58.6 Å². The van der Waals surface area contributed by atoms with Gasteiger partial charge in [0.2, 0.25) is 0 Å². The highest BCUT2D eigenvalue weighted by molar-refractivity contribution is 5.21. The van der Waals surface area contributed by atoms with Crippen molar-refractivity contribution in [3.05, 3.63) is 35.9 Å². The van der Waals surface area contributed by atoms with Crippen molar-refractivity contribution < 1.29 is 5.11 Å². The zero-order chi connectivity index (χ0) is 16.4. The predicted octanol–water partition coefficient (Wildman–Crippen LogP) is 4.50. The van der Waals surface area contributed by atoms with E-state index < -0.39 is 0 Å². The Morgan fingerprint density at radius 3 is 2.30 bits per heavy atom. The summed E-state index contributed by atoms with van der Waals surface area (Å²) >= 11 is 0. The van der Waals surface area contributed by atoms with Gasteiger partial charge in [0.05, 0.1) is 6.10 Å². The average Bonchev–Trinajstić information content (AvgIpc) is 3.05. The summed E-state index contributed by atoms with van der Waals surface area (Å²) < 4.78 is 0. The van der Waals surface area contributed by atoms with Gasteiger partial charge in [-0.25, -0.2) is 0 Å². The Morgan fingerprint density at radius 1 is 1.04 bits per heavy atom. The van der Waals surface area contributed by atoms with Crippen LogP contribution in [0.25, 0.3) is 0 Å². The Morgan fingerprint density at radius 2 is 1.70 bits per heavy atom. The van der Waals surface area contributed by atoms with Crippen LogP contribution in [-0.4, -0.2) is 29.2 Å². The van der Waals surface area contributed by atoms with E-state index >= 15 is 0 Å². The Labute approximate surface area is 141 Å². The van der Waals surface area contributed by atoms with Crippen molar-refractivity contribution in [2.75, 3.05) is 13.1 Å². The van der Waals surface area contributed by atoms with Gasteiger partial charge in [0, 0.05) is 12.0 Å². The predicted molar refractivity (Wildman–Crippen MR) is 96.2 cm³/mol. The monoisotopic (exact) mass is 315 g/mol. The third-order valence-corrected chi connectivity index (χ3v) is 6.34. The molecule has 2 nitrogen and oxygen atoms in total. The lowest BCUT2D eigenvalue weighted by atomic mass is 9.65. The molecule has 1 saturated carbocycles. The Bertz CT molecular complexity index is 480. The summed E-state index contributed by atoms with van der Waals surface area (Å²) in [4.78, 5) is 2.64.